The van der Waals surface area contributed by atoms with Crippen LogP contribution in [0.3, 0.4) is 0 Å². The average Bonchev–Trinajstić information content (AvgIpc) is 3.22. The number of rotatable bonds is 28. The number of methoxy groups -OCH3 is 1. The standard InChI is InChI=1S/C49H65N3O6/c1-51-34-40(13-6-7-25-53)28-37(17-10-26-54)16-9-18-45(55)33-46(56)24-23-41-31-48(58-2)47(57)30-43(41)29-44-35-52-49(50)32-42(44)22-21-39-15-8-14-38(27-39)20-19-36-11-4-3-5-12-36/h3-5,8,11-12,14-15,23-24,27,30-32,35,37,40,51,53-54,57H,6-7,9-10,13,16-22,25-26,28-29,33-34H2,1-2H3,(H2,50,52). The second-order valence-corrected chi connectivity index (χ2v) is 15.6. The highest BCUT2D eigenvalue weighted by molar-refractivity contribution is 6.06. The van der Waals surface area contributed by atoms with Crippen molar-refractivity contribution in [3.8, 4) is 11.5 Å². The number of carbonyl (C=O) groups excluding carboxylic acids is 2. The van der Waals surface area contributed by atoms with Crippen LogP contribution < -0.4 is 15.8 Å². The molecule has 4 rings (SSSR count). The number of aliphatic hydroxyl groups excluding tert-OH is 2. The molecule has 9 heteroatoms. The van der Waals surface area contributed by atoms with Crippen LogP contribution in [0.4, 0.5) is 5.82 Å². The van der Waals surface area contributed by atoms with Gasteiger partial charge in [-0.15, -0.1) is 0 Å². The predicted molar refractivity (Wildman–Crippen MR) is 234 cm³/mol. The molecule has 0 aliphatic carbocycles. The van der Waals surface area contributed by atoms with E-state index in [0.29, 0.717) is 42.5 Å². The molecule has 1 aromatic heterocycles. The monoisotopic (exact) mass is 791 g/mol. The SMILES string of the molecule is CNCC(CCCCO)CC(CCCO)CCCC(=O)CC(=O)C=Cc1cc(OC)c(O)cc1Cc1cnc(N)cc1CCc1cccc(CCc2ccccc2)c1. The van der Waals surface area contributed by atoms with Gasteiger partial charge >= 0.3 is 0 Å². The first-order valence-corrected chi connectivity index (χ1v) is 21.0. The first-order valence-electron chi connectivity index (χ1n) is 21.0. The zero-order valence-corrected chi connectivity index (χ0v) is 34.6. The number of pyridine rings is 1. The molecule has 0 bridgehead atoms. The number of aromatic nitrogens is 1. The van der Waals surface area contributed by atoms with E-state index in [1.54, 1.807) is 24.4 Å². The van der Waals surface area contributed by atoms with E-state index in [9.17, 15) is 24.9 Å². The number of Topliss-reactive ketones (excluding diaryl/α,β-unsaturated/α-hetero) is 1. The largest absolute Gasteiger partial charge is 0.504 e. The van der Waals surface area contributed by atoms with E-state index < -0.39 is 0 Å². The number of phenols is 1. The number of ketones is 2. The maximum absolute atomic E-state index is 13.1. The Kier molecular flexibility index (Phi) is 20.2. The lowest BCUT2D eigenvalue weighted by atomic mass is 9.84. The molecule has 2 atom stereocenters. The van der Waals surface area contributed by atoms with Crippen molar-refractivity contribution in [2.45, 2.75) is 96.3 Å². The highest BCUT2D eigenvalue weighted by Crippen LogP contribution is 2.32. The van der Waals surface area contributed by atoms with Gasteiger partial charge in [-0.1, -0.05) is 73.5 Å². The van der Waals surface area contributed by atoms with Crippen molar-refractivity contribution in [2.24, 2.45) is 11.8 Å². The molecule has 0 aliphatic heterocycles. The van der Waals surface area contributed by atoms with E-state index in [-0.39, 0.29) is 42.7 Å². The van der Waals surface area contributed by atoms with Gasteiger partial charge < -0.3 is 31.1 Å². The van der Waals surface area contributed by atoms with Gasteiger partial charge in [0, 0.05) is 25.8 Å². The molecular formula is C49H65N3O6. The third-order valence-electron chi connectivity index (χ3n) is 11.0. The van der Waals surface area contributed by atoms with E-state index in [1.165, 1.54) is 29.9 Å². The Morgan fingerprint density at radius 2 is 1.48 bits per heavy atom. The summed E-state index contributed by atoms with van der Waals surface area (Å²) >= 11 is 0. The Labute approximate surface area is 345 Å². The van der Waals surface area contributed by atoms with Crippen molar-refractivity contribution in [1.29, 1.82) is 0 Å². The second-order valence-electron chi connectivity index (χ2n) is 15.6. The highest BCUT2D eigenvalue weighted by atomic mass is 16.5. The van der Waals surface area contributed by atoms with Crippen LogP contribution in [-0.2, 0) is 41.7 Å². The summed E-state index contributed by atoms with van der Waals surface area (Å²) in [6, 6.07) is 24.5. The smallest absolute Gasteiger partial charge is 0.163 e. The van der Waals surface area contributed by atoms with Crippen molar-refractivity contribution < 1.29 is 29.6 Å². The lowest BCUT2D eigenvalue weighted by Gasteiger charge is -2.23. The number of nitrogen functional groups attached to an aromatic ring is 1. The number of allylic oxidation sites excluding steroid dienone is 1. The summed E-state index contributed by atoms with van der Waals surface area (Å²) in [6.07, 6.45) is 16.1. The molecule has 58 heavy (non-hydrogen) atoms. The van der Waals surface area contributed by atoms with Crippen LogP contribution in [0.5, 0.6) is 11.5 Å². The molecule has 0 radical (unpaired) electrons. The molecule has 9 nitrogen and oxygen atoms in total. The van der Waals surface area contributed by atoms with E-state index in [1.807, 2.05) is 19.2 Å². The molecule has 0 spiro atoms. The van der Waals surface area contributed by atoms with Crippen LogP contribution in [0.15, 0.2) is 85.1 Å². The van der Waals surface area contributed by atoms with Gasteiger partial charge in [0.05, 0.1) is 13.5 Å². The minimum Gasteiger partial charge on any atom is -0.504 e. The Bertz CT molecular complexity index is 1880. The number of carbonyl (C=O) groups is 2. The maximum atomic E-state index is 13.1. The topological polar surface area (TPSA) is 155 Å². The molecule has 2 unspecified atom stereocenters. The van der Waals surface area contributed by atoms with Gasteiger partial charge in [0.1, 0.15) is 11.6 Å². The zero-order valence-electron chi connectivity index (χ0n) is 34.6. The fourth-order valence-corrected chi connectivity index (χ4v) is 7.87. The van der Waals surface area contributed by atoms with Crippen molar-refractivity contribution in [3.63, 3.8) is 0 Å². The summed E-state index contributed by atoms with van der Waals surface area (Å²) in [5.41, 5.74) is 13.6. The van der Waals surface area contributed by atoms with Gasteiger partial charge in [0.25, 0.3) is 0 Å². The number of aryl methyl sites for hydroxylation is 4. The number of hydrogen-bond acceptors (Lipinski definition) is 9. The summed E-state index contributed by atoms with van der Waals surface area (Å²) in [5.74, 6) is 1.23. The minimum atomic E-state index is -0.279. The Morgan fingerprint density at radius 1 is 0.793 bits per heavy atom. The first-order chi connectivity index (χ1) is 28.2. The number of anilines is 1. The number of aliphatic hydroxyl groups is 2. The van der Waals surface area contributed by atoms with Gasteiger partial charge in [-0.25, -0.2) is 4.98 Å². The van der Waals surface area contributed by atoms with Crippen LogP contribution in [0.1, 0.15) is 103 Å². The van der Waals surface area contributed by atoms with Gasteiger partial charge in [-0.2, -0.15) is 0 Å². The van der Waals surface area contributed by atoms with Gasteiger partial charge in [0.2, 0.25) is 0 Å². The lowest BCUT2D eigenvalue weighted by molar-refractivity contribution is -0.124. The molecule has 0 aliphatic rings. The van der Waals surface area contributed by atoms with Crippen molar-refractivity contribution in [3.05, 3.63) is 124 Å². The average molecular weight is 792 g/mol. The van der Waals surface area contributed by atoms with E-state index in [4.69, 9.17) is 10.5 Å². The molecular weight excluding hydrogens is 727 g/mol. The number of aromatic hydroxyl groups is 1. The predicted octanol–water partition coefficient (Wildman–Crippen LogP) is 8.03. The van der Waals surface area contributed by atoms with Crippen LogP contribution in [0.2, 0.25) is 0 Å². The summed E-state index contributed by atoms with van der Waals surface area (Å²) in [6.45, 7) is 1.25. The normalized spacial score (nSPS) is 12.5. The van der Waals surface area contributed by atoms with E-state index >= 15 is 0 Å². The number of nitrogens with one attached hydrogen (secondary N) is 1. The summed E-state index contributed by atoms with van der Waals surface area (Å²) in [7, 11) is 3.44. The van der Waals surface area contributed by atoms with Crippen molar-refractivity contribution >= 4 is 23.5 Å². The molecule has 3 aromatic carbocycles. The lowest BCUT2D eigenvalue weighted by Crippen LogP contribution is -2.22. The van der Waals surface area contributed by atoms with Crippen LogP contribution in [0, 0.1) is 11.8 Å². The number of hydrogen-bond donors (Lipinski definition) is 5. The number of nitrogens with two attached hydrogens (primary N) is 1. The second kappa shape index (κ2) is 25.5. The van der Waals surface area contributed by atoms with E-state index in [0.717, 1.165) is 93.9 Å². The van der Waals surface area contributed by atoms with Crippen molar-refractivity contribution in [1.82, 2.24) is 10.3 Å². The summed E-state index contributed by atoms with van der Waals surface area (Å²) < 4.78 is 5.41. The Morgan fingerprint density at radius 3 is 2.21 bits per heavy atom. The number of unbranched alkanes of at least 4 members (excludes halogenated alkanes) is 1. The maximum Gasteiger partial charge on any atom is 0.163 e. The summed E-state index contributed by atoms with van der Waals surface area (Å²) in [4.78, 5) is 30.4. The number of phenolic OH excluding ortho intramolecular Hbond substituents is 1. The van der Waals surface area contributed by atoms with Crippen LogP contribution in [-0.4, -0.2) is 65.8 Å². The third-order valence-corrected chi connectivity index (χ3v) is 11.0. The quantitative estimate of drug-likeness (QED) is 0.0219. The molecule has 1 heterocycles. The highest BCUT2D eigenvalue weighted by Gasteiger charge is 2.18. The number of ether oxygens (including phenoxy) is 1. The Balaban J connectivity index is 1.38. The zero-order chi connectivity index (χ0) is 41.5. The Hall–Kier alpha value is -4.83. The van der Waals surface area contributed by atoms with Gasteiger partial charge in [-0.05, 0) is 159 Å². The number of nitrogens with zero attached hydrogens (tertiary/aromatic N) is 1. The molecule has 0 saturated heterocycles. The third kappa shape index (κ3) is 16.2. The molecule has 0 saturated carbocycles. The molecule has 312 valence electrons. The molecule has 6 N–H and O–H groups in total. The molecule has 4 aromatic rings. The van der Waals surface area contributed by atoms with Gasteiger partial charge in [0.15, 0.2) is 17.3 Å². The van der Waals surface area contributed by atoms with Crippen molar-refractivity contribution in [2.75, 3.05) is 39.6 Å². The fraction of sp³-hybridized carbons (Fsp3) is 0.449. The first kappa shape index (κ1) is 45.9. The minimum absolute atomic E-state index is 0.00634. The number of benzene rings is 3. The van der Waals surface area contributed by atoms with Crippen LogP contribution in [0.25, 0.3) is 6.08 Å². The van der Waals surface area contributed by atoms with Crippen LogP contribution >= 0.6 is 0 Å². The molecule has 0 fully saturated rings. The molecule has 0 amide bonds. The fourth-order valence-electron chi connectivity index (χ4n) is 7.87. The van der Waals surface area contributed by atoms with E-state index in [2.05, 4.69) is 58.8 Å². The summed E-state index contributed by atoms with van der Waals surface area (Å²) in [5, 5.41) is 32.7. The van der Waals surface area contributed by atoms with Gasteiger partial charge in [-0.3, -0.25) is 9.59 Å².